The van der Waals surface area contributed by atoms with Gasteiger partial charge in [-0.05, 0) is 53.6 Å². The summed E-state index contributed by atoms with van der Waals surface area (Å²) in [4.78, 5) is 9.73. The Kier molecular flexibility index (Phi) is 5.19. The van der Waals surface area contributed by atoms with Crippen LogP contribution in [0.1, 0.15) is 0 Å². The molecule has 1 aromatic heterocycles. The van der Waals surface area contributed by atoms with Crippen molar-refractivity contribution in [2.24, 2.45) is 0 Å². The number of hydrogen-bond acceptors (Lipinski definition) is 2. The highest BCUT2D eigenvalue weighted by atomic mass is 35.5. The average Bonchev–Trinajstić information content (AvgIpc) is 2.85. The first-order valence-electron chi connectivity index (χ1n) is 9.95. The zero-order valence-corrected chi connectivity index (χ0v) is 17.3. The molecule has 31 heavy (non-hydrogen) atoms. The summed E-state index contributed by atoms with van der Waals surface area (Å²) in [6, 6.07) is 39.9. The lowest BCUT2D eigenvalue weighted by Crippen LogP contribution is -1.95. The van der Waals surface area contributed by atoms with E-state index in [1.807, 2.05) is 78.9 Å². The van der Waals surface area contributed by atoms with Crippen molar-refractivity contribution in [1.82, 2.24) is 9.97 Å². The molecule has 0 N–H and O–H groups in total. The fourth-order valence-electron chi connectivity index (χ4n) is 3.49. The van der Waals surface area contributed by atoms with Crippen molar-refractivity contribution in [2.75, 3.05) is 0 Å². The summed E-state index contributed by atoms with van der Waals surface area (Å²) in [6.45, 7) is 0. The number of aromatic nitrogens is 2. The third-order valence-corrected chi connectivity index (χ3v) is 5.26. The van der Waals surface area contributed by atoms with Gasteiger partial charge in [-0.25, -0.2) is 9.97 Å². The zero-order chi connectivity index (χ0) is 21.0. The van der Waals surface area contributed by atoms with E-state index in [0.717, 1.165) is 44.2 Å². The molecule has 0 bridgehead atoms. The Labute approximate surface area is 186 Å². The lowest BCUT2D eigenvalue weighted by atomic mass is 10.0. The van der Waals surface area contributed by atoms with Gasteiger partial charge in [0.25, 0.3) is 0 Å². The molecule has 146 valence electrons. The van der Waals surface area contributed by atoms with Gasteiger partial charge >= 0.3 is 0 Å². The standard InChI is InChI=1S/C28H17ClN2/c29-25-16-8-14-23(18-25)22-13-7-15-24(17-22)27-19-26(20-9-3-1-4-10-20)30-28(31-27)21-11-5-2-6-12-21/h2-3,5-19H. The Morgan fingerprint density at radius 3 is 1.97 bits per heavy atom. The Morgan fingerprint density at radius 2 is 1.23 bits per heavy atom. The Balaban J connectivity index is 1.66. The maximum Gasteiger partial charge on any atom is 0.160 e. The average molecular weight is 417 g/mol. The van der Waals surface area contributed by atoms with Crippen molar-refractivity contribution in [3.8, 4) is 45.0 Å². The lowest BCUT2D eigenvalue weighted by Gasteiger charge is -2.10. The predicted molar refractivity (Wildman–Crippen MR) is 126 cm³/mol. The van der Waals surface area contributed by atoms with E-state index in [1.54, 1.807) is 0 Å². The van der Waals surface area contributed by atoms with Crippen LogP contribution >= 0.6 is 11.6 Å². The van der Waals surface area contributed by atoms with Gasteiger partial charge in [0, 0.05) is 21.7 Å². The minimum Gasteiger partial charge on any atom is -0.228 e. The minimum absolute atomic E-state index is 0.689. The number of hydrogen-bond donors (Lipinski definition) is 0. The van der Waals surface area contributed by atoms with Crippen LogP contribution in [0.15, 0.2) is 103 Å². The van der Waals surface area contributed by atoms with Crippen molar-refractivity contribution in [2.45, 2.75) is 0 Å². The Hall–Kier alpha value is -3.93. The van der Waals surface area contributed by atoms with E-state index in [1.165, 1.54) is 0 Å². The molecule has 0 fully saturated rings. The van der Waals surface area contributed by atoms with Gasteiger partial charge in [0.05, 0.1) is 11.4 Å². The molecule has 0 aliphatic carbocycles. The second kappa shape index (κ2) is 8.44. The fraction of sp³-hybridized carbons (Fsp3) is 0. The second-order valence-electron chi connectivity index (χ2n) is 7.14. The van der Waals surface area contributed by atoms with Gasteiger partial charge < -0.3 is 0 Å². The molecule has 1 heterocycles. The molecule has 0 aliphatic heterocycles. The normalized spacial score (nSPS) is 10.5. The number of benzene rings is 3. The molecule has 5 rings (SSSR count). The third kappa shape index (κ3) is 4.19. The Bertz CT molecular complexity index is 1270. The van der Waals surface area contributed by atoms with Crippen molar-refractivity contribution >= 4 is 11.6 Å². The first-order chi connectivity index (χ1) is 15.3. The summed E-state index contributed by atoms with van der Waals surface area (Å²) in [7, 11) is 0. The molecule has 0 unspecified atom stereocenters. The van der Waals surface area contributed by atoms with E-state index in [9.17, 15) is 0 Å². The summed E-state index contributed by atoms with van der Waals surface area (Å²) < 4.78 is 0. The van der Waals surface area contributed by atoms with Gasteiger partial charge in [-0.2, -0.15) is 0 Å². The summed E-state index contributed by atoms with van der Waals surface area (Å²) >= 11 is 6.20. The smallest absolute Gasteiger partial charge is 0.160 e. The third-order valence-electron chi connectivity index (χ3n) is 5.03. The molecule has 2 nitrogen and oxygen atoms in total. The van der Waals surface area contributed by atoms with Crippen molar-refractivity contribution in [3.63, 3.8) is 0 Å². The molecule has 4 aromatic carbocycles. The van der Waals surface area contributed by atoms with Gasteiger partial charge in [0.1, 0.15) is 0 Å². The molecule has 0 saturated heterocycles. The van der Waals surface area contributed by atoms with Gasteiger partial charge in [0.15, 0.2) is 5.82 Å². The highest BCUT2D eigenvalue weighted by molar-refractivity contribution is 6.30. The van der Waals surface area contributed by atoms with Crippen molar-refractivity contribution in [1.29, 1.82) is 0 Å². The van der Waals surface area contributed by atoms with Crippen LogP contribution in [0.5, 0.6) is 0 Å². The first kappa shape index (κ1) is 19.1. The first-order valence-corrected chi connectivity index (χ1v) is 10.3. The van der Waals surface area contributed by atoms with Crippen LogP contribution in [0.2, 0.25) is 5.02 Å². The van der Waals surface area contributed by atoms with E-state index in [0.29, 0.717) is 5.82 Å². The lowest BCUT2D eigenvalue weighted by molar-refractivity contribution is 1.18. The molecular formula is C28H17ClN2. The fourth-order valence-corrected chi connectivity index (χ4v) is 3.68. The van der Waals surface area contributed by atoms with Crippen molar-refractivity contribution in [3.05, 3.63) is 120 Å². The molecular weight excluding hydrogens is 400 g/mol. The van der Waals surface area contributed by atoms with Crippen LogP contribution in [0, 0.1) is 12.1 Å². The topological polar surface area (TPSA) is 25.8 Å². The van der Waals surface area contributed by atoms with Crippen LogP contribution in [0.4, 0.5) is 0 Å². The molecule has 3 heteroatoms. The highest BCUT2D eigenvalue weighted by Crippen LogP contribution is 2.30. The zero-order valence-electron chi connectivity index (χ0n) is 16.6. The largest absolute Gasteiger partial charge is 0.228 e. The second-order valence-corrected chi connectivity index (χ2v) is 7.58. The maximum absolute atomic E-state index is 6.20. The number of halogens is 1. The van der Waals surface area contributed by atoms with Crippen molar-refractivity contribution < 1.29 is 0 Å². The van der Waals surface area contributed by atoms with Gasteiger partial charge in [0.2, 0.25) is 0 Å². The molecule has 0 saturated carbocycles. The number of rotatable bonds is 4. The van der Waals surface area contributed by atoms with E-state index >= 15 is 0 Å². The molecule has 5 aromatic rings. The Morgan fingerprint density at radius 1 is 0.548 bits per heavy atom. The summed E-state index contributed by atoms with van der Waals surface area (Å²) in [5, 5.41) is 0.718. The summed E-state index contributed by atoms with van der Waals surface area (Å²) in [6.07, 6.45) is 0. The number of nitrogens with zero attached hydrogens (tertiary/aromatic N) is 2. The quantitative estimate of drug-likeness (QED) is 0.305. The molecule has 0 atom stereocenters. The van der Waals surface area contributed by atoms with Crippen LogP contribution in [0.3, 0.4) is 0 Å². The van der Waals surface area contributed by atoms with Gasteiger partial charge in [-0.15, -0.1) is 0 Å². The SMILES string of the molecule is Clc1cccc(-c2cccc(-c3cc(-c4cc#ccc4)nc(-c4ccccc4)n3)c2)c1. The predicted octanol–water partition coefficient (Wildman–Crippen LogP) is 7.40. The highest BCUT2D eigenvalue weighted by Gasteiger charge is 2.11. The molecule has 0 aliphatic rings. The van der Waals surface area contributed by atoms with E-state index in [4.69, 9.17) is 21.6 Å². The van der Waals surface area contributed by atoms with Crippen LogP contribution in [-0.4, -0.2) is 9.97 Å². The molecule has 0 spiro atoms. The maximum atomic E-state index is 6.20. The van der Waals surface area contributed by atoms with Crippen LogP contribution in [-0.2, 0) is 0 Å². The van der Waals surface area contributed by atoms with Gasteiger partial charge in [-0.3, -0.25) is 0 Å². The van der Waals surface area contributed by atoms with Crippen LogP contribution in [0.25, 0.3) is 45.0 Å². The van der Waals surface area contributed by atoms with E-state index in [2.05, 4.69) is 36.4 Å². The monoisotopic (exact) mass is 416 g/mol. The van der Waals surface area contributed by atoms with E-state index < -0.39 is 0 Å². The minimum atomic E-state index is 0.689. The van der Waals surface area contributed by atoms with Crippen LogP contribution < -0.4 is 0 Å². The molecule has 0 radical (unpaired) electrons. The summed E-state index contributed by atoms with van der Waals surface area (Å²) in [5.41, 5.74) is 6.84. The van der Waals surface area contributed by atoms with Gasteiger partial charge in [-0.1, -0.05) is 84.4 Å². The summed E-state index contributed by atoms with van der Waals surface area (Å²) in [5.74, 6) is 0.689. The van der Waals surface area contributed by atoms with E-state index in [-0.39, 0.29) is 0 Å². The molecule has 0 amide bonds.